The van der Waals surface area contributed by atoms with Crippen LogP contribution in [-0.2, 0) is 23.9 Å². The van der Waals surface area contributed by atoms with Crippen LogP contribution in [0.1, 0.15) is 18.9 Å². The number of hydrogen-bond donors (Lipinski definition) is 0. The first-order valence-corrected chi connectivity index (χ1v) is 7.08. The molecule has 0 aliphatic carbocycles. The summed E-state index contributed by atoms with van der Waals surface area (Å²) in [5, 5.41) is 0. The zero-order chi connectivity index (χ0) is 17.6. The van der Waals surface area contributed by atoms with Crippen LogP contribution in [-0.4, -0.2) is 38.6 Å². The number of benzene rings is 1. The van der Waals surface area contributed by atoms with Crippen LogP contribution in [0.15, 0.2) is 18.2 Å². The minimum atomic E-state index is -1.34. The van der Waals surface area contributed by atoms with Gasteiger partial charge in [-0.1, -0.05) is 0 Å². The lowest BCUT2D eigenvalue weighted by Gasteiger charge is -2.20. The van der Waals surface area contributed by atoms with Gasteiger partial charge >= 0.3 is 11.9 Å². The Labute approximate surface area is 134 Å². The Morgan fingerprint density at radius 1 is 1.22 bits per heavy atom. The summed E-state index contributed by atoms with van der Waals surface area (Å²) in [6, 6.07) is 4.15. The van der Waals surface area contributed by atoms with E-state index >= 15 is 0 Å². The number of esters is 2. The number of carbonyl (C=O) groups excluding carboxylic acids is 3. The topological polar surface area (TPSA) is 72.9 Å². The van der Waals surface area contributed by atoms with Gasteiger partial charge in [-0.2, -0.15) is 0 Å². The molecule has 0 bridgehead atoms. The molecule has 0 heterocycles. The van der Waals surface area contributed by atoms with Crippen molar-refractivity contribution in [3.05, 3.63) is 29.6 Å². The molecule has 0 aromatic heterocycles. The van der Waals surface area contributed by atoms with Gasteiger partial charge in [0.25, 0.3) is 0 Å². The summed E-state index contributed by atoms with van der Waals surface area (Å²) in [5.74, 6) is -4.02. The van der Waals surface area contributed by atoms with Crippen LogP contribution in [0, 0.1) is 18.7 Å². The maximum Gasteiger partial charge on any atom is 0.320 e. The van der Waals surface area contributed by atoms with E-state index in [0.29, 0.717) is 11.3 Å². The van der Waals surface area contributed by atoms with Crippen molar-refractivity contribution in [1.82, 2.24) is 0 Å². The minimum absolute atomic E-state index is 0.0828. The molecule has 1 atom stereocenters. The van der Waals surface area contributed by atoms with Crippen LogP contribution >= 0.6 is 0 Å². The van der Waals surface area contributed by atoms with Gasteiger partial charge < -0.3 is 14.4 Å². The van der Waals surface area contributed by atoms with Crippen molar-refractivity contribution in [2.75, 3.05) is 25.7 Å². The Hall–Kier alpha value is -2.44. The van der Waals surface area contributed by atoms with Crippen molar-refractivity contribution in [2.24, 2.45) is 5.92 Å². The maximum atomic E-state index is 13.4. The maximum absolute atomic E-state index is 13.4. The fraction of sp³-hybridized carbons (Fsp3) is 0.438. The van der Waals surface area contributed by atoms with Gasteiger partial charge in [0.15, 0.2) is 5.92 Å². The molecule has 0 saturated heterocycles. The summed E-state index contributed by atoms with van der Waals surface area (Å²) < 4.78 is 22.8. The molecular weight excluding hydrogens is 305 g/mol. The number of nitrogens with zero attached hydrogens (tertiary/aromatic N) is 1. The fourth-order valence-electron chi connectivity index (χ4n) is 2.01. The predicted molar refractivity (Wildman–Crippen MR) is 81.3 cm³/mol. The van der Waals surface area contributed by atoms with E-state index in [-0.39, 0.29) is 6.61 Å². The zero-order valence-electron chi connectivity index (χ0n) is 13.6. The first kappa shape index (κ1) is 18.6. The third-order valence-electron chi connectivity index (χ3n) is 3.22. The second kappa shape index (κ2) is 8.26. The first-order chi connectivity index (χ1) is 10.8. The van der Waals surface area contributed by atoms with E-state index in [1.54, 1.807) is 19.9 Å². The number of rotatable bonds is 6. The van der Waals surface area contributed by atoms with Crippen LogP contribution in [0.4, 0.5) is 10.1 Å². The van der Waals surface area contributed by atoms with Gasteiger partial charge in [-0.3, -0.25) is 14.4 Å². The predicted octanol–water partition coefficient (Wildman–Crippen LogP) is 1.84. The van der Waals surface area contributed by atoms with Crippen molar-refractivity contribution in [1.29, 1.82) is 0 Å². The number of amides is 1. The highest BCUT2D eigenvalue weighted by molar-refractivity contribution is 6.02. The van der Waals surface area contributed by atoms with Crippen molar-refractivity contribution in [2.45, 2.75) is 20.3 Å². The molecule has 1 aromatic rings. The van der Waals surface area contributed by atoms with Crippen LogP contribution in [0.5, 0.6) is 0 Å². The number of carbonyl (C=O) groups is 3. The summed E-state index contributed by atoms with van der Waals surface area (Å²) >= 11 is 0. The van der Waals surface area contributed by atoms with Crippen LogP contribution < -0.4 is 4.90 Å². The molecule has 1 unspecified atom stereocenters. The summed E-state index contributed by atoms with van der Waals surface area (Å²) in [6.45, 7) is 3.37. The van der Waals surface area contributed by atoms with Crippen LogP contribution in [0.3, 0.4) is 0 Å². The standard InChI is InChI=1S/C16H20FNO5/c1-5-23-16(21)13(15(20)22-4)9-14(19)18(3)12-7-10(2)6-11(17)8-12/h6-8,13H,5,9H2,1-4H3. The minimum Gasteiger partial charge on any atom is -0.468 e. The molecule has 0 saturated carbocycles. The second-order valence-electron chi connectivity index (χ2n) is 4.97. The van der Waals surface area contributed by atoms with Gasteiger partial charge in [-0.05, 0) is 37.6 Å². The molecule has 126 valence electrons. The van der Waals surface area contributed by atoms with E-state index in [1.807, 2.05) is 0 Å². The Bertz CT molecular complexity index is 582. The van der Waals surface area contributed by atoms with E-state index < -0.39 is 36.0 Å². The van der Waals surface area contributed by atoms with Gasteiger partial charge in [0.05, 0.1) is 20.1 Å². The van der Waals surface area contributed by atoms with E-state index in [0.717, 1.165) is 7.11 Å². The monoisotopic (exact) mass is 325 g/mol. The highest BCUT2D eigenvalue weighted by Crippen LogP contribution is 2.20. The quantitative estimate of drug-likeness (QED) is 0.589. The number of halogens is 1. The molecule has 0 fully saturated rings. The van der Waals surface area contributed by atoms with Crippen molar-refractivity contribution >= 4 is 23.5 Å². The molecular formula is C16H20FNO5. The number of hydrogen-bond acceptors (Lipinski definition) is 5. The molecule has 0 aliphatic rings. The lowest BCUT2D eigenvalue weighted by Crippen LogP contribution is -2.35. The molecule has 7 heteroatoms. The van der Waals surface area contributed by atoms with Crippen molar-refractivity contribution in [3.8, 4) is 0 Å². The van der Waals surface area contributed by atoms with Gasteiger partial charge in [0.2, 0.25) is 5.91 Å². The van der Waals surface area contributed by atoms with Gasteiger partial charge in [-0.15, -0.1) is 0 Å². The molecule has 1 rings (SSSR count). The summed E-state index contributed by atoms with van der Waals surface area (Å²) in [5.41, 5.74) is 0.981. The van der Waals surface area contributed by atoms with Crippen LogP contribution in [0.25, 0.3) is 0 Å². The van der Waals surface area contributed by atoms with Gasteiger partial charge in [0.1, 0.15) is 5.82 Å². The second-order valence-corrected chi connectivity index (χ2v) is 4.97. The van der Waals surface area contributed by atoms with Gasteiger partial charge in [-0.25, -0.2) is 4.39 Å². The SMILES string of the molecule is CCOC(=O)C(CC(=O)N(C)c1cc(C)cc(F)c1)C(=O)OC. The summed E-state index contributed by atoms with van der Waals surface area (Å²) in [4.78, 5) is 36.9. The summed E-state index contributed by atoms with van der Waals surface area (Å²) in [7, 11) is 2.56. The summed E-state index contributed by atoms with van der Waals surface area (Å²) in [6.07, 6.45) is -0.419. The Morgan fingerprint density at radius 2 is 1.87 bits per heavy atom. The lowest BCUT2D eigenvalue weighted by molar-refractivity contribution is -0.161. The van der Waals surface area contributed by atoms with Crippen molar-refractivity contribution < 1.29 is 28.2 Å². The molecule has 1 aromatic carbocycles. The van der Waals surface area contributed by atoms with Crippen LogP contribution in [0.2, 0.25) is 0 Å². The van der Waals surface area contributed by atoms with E-state index in [2.05, 4.69) is 4.74 Å². The highest BCUT2D eigenvalue weighted by Gasteiger charge is 2.32. The Balaban J connectivity index is 2.92. The van der Waals surface area contributed by atoms with Gasteiger partial charge in [0, 0.05) is 12.7 Å². The van der Waals surface area contributed by atoms with E-state index in [1.165, 1.54) is 24.1 Å². The molecule has 1 amide bonds. The number of anilines is 1. The normalized spacial score (nSPS) is 11.5. The van der Waals surface area contributed by atoms with Crippen molar-refractivity contribution in [3.63, 3.8) is 0 Å². The molecule has 23 heavy (non-hydrogen) atoms. The van der Waals surface area contributed by atoms with E-state index in [4.69, 9.17) is 4.74 Å². The third kappa shape index (κ3) is 5.05. The zero-order valence-corrected chi connectivity index (χ0v) is 13.6. The number of ether oxygens (including phenoxy) is 2. The molecule has 6 nitrogen and oxygen atoms in total. The number of methoxy groups -OCH3 is 1. The van der Waals surface area contributed by atoms with E-state index in [9.17, 15) is 18.8 Å². The average Bonchev–Trinajstić information content (AvgIpc) is 2.50. The first-order valence-electron chi connectivity index (χ1n) is 7.08. The lowest BCUT2D eigenvalue weighted by atomic mass is 10.0. The number of aryl methyl sites for hydroxylation is 1. The highest BCUT2D eigenvalue weighted by atomic mass is 19.1. The average molecular weight is 325 g/mol. The Morgan fingerprint density at radius 3 is 2.39 bits per heavy atom. The molecule has 0 N–H and O–H groups in total. The molecule has 0 radical (unpaired) electrons. The molecule has 0 aliphatic heterocycles. The molecule has 0 spiro atoms. The third-order valence-corrected chi connectivity index (χ3v) is 3.22. The Kier molecular flexibility index (Phi) is 6.68. The fourth-order valence-corrected chi connectivity index (χ4v) is 2.01. The smallest absolute Gasteiger partial charge is 0.320 e. The largest absolute Gasteiger partial charge is 0.468 e.